The lowest BCUT2D eigenvalue weighted by Crippen LogP contribution is -2.62. The van der Waals surface area contributed by atoms with Crippen molar-refractivity contribution < 1.29 is 23.8 Å². The summed E-state index contributed by atoms with van der Waals surface area (Å²) in [6.45, 7) is 8.87. The molecule has 0 saturated heterocycles. The van der Waals surface area contributed by atoms with Crippen molar-refractivity contribution in [1.29, 1.82) is 0 Å². The molecular weight excluding hydrogens is 322 g/mol. The van der Waals surface area contributed by atoms with Gasteiger partial charge in [0.25, 0.3) is 5.91 Å². The Morgan fingerprint density at radius 2 is 2.12 bits per heavy atom. The first kappa shape index (κ1) is 19.5. The number of hydrogen-bond donors (Lipinski definition) is 1. The third-order valence-electron chi connectivity index (χ3n) is 5.31. The summed E-state index contributed by atoms with van der Waals surface area (Å²) in [6.07, 6.45) is 4.23. The predicted molar refractivity (Wildman–Crippen MR) is 93.7 cm³/mol. The van der Waals surface area contributed by atoms with Crippen molar-refractivity contribution in [3.05, 3.63) is 23.2 Å². The first-order valence-corrected chi connectivity index (χ1v) is 8.87. The van der Waals surface area contributed by atoms with Gasteiger partial charge < -0.3 is 19.2 Å². The molecular formula is C19H29NO5. The first-order valence-electron chi connectivity index (χ1n) is 8.87. The number of rotatable bonds is 8. The molecule has 2 rings (SSSR count). The molecule has 6 heteroatoms. The zero-order valence-corrected chi connectivity index (χ0v) is 15.8. The van der Waals surface area contributed by atoms with Crippen molar-refractivity contribution >= 4 is 11.9 Å². The standard InChI is InChI=1S/C19H29NO5/c1-6-7-8-24-15-10-14(19(15,3)4)20(5)18(23)17-12(2)11-25-13(17)9-16(21)22/h11,14-15H,6-10H2,1-5H3,(H,21,22). The van der Waals surface area contributed by atoms with Crippen LogP contribution in [0.1, 0.15) is 61.7 Å². The van der Waals surface area contributed by atoms with Crippen LogP contribution in [-0.4, -0.2) is 47.7 Å². The number of carbonyl (C=O) groups is 2. The van der Waals surface area contributed by atoms with E-state index in [9.17, 15) is 9.59 Å². The molecule has 1 aliphatic rings. The molecule has 0 bridgehead atoms. The largest absolute Gasteiger partial charge is 0.481 e. The lowest BCUT2D eigenvalue weighted by molar-refractivity contribution is -0.140. The fourth-order valence-electron chi connectivity index (χ4n) is 3.54. The number of furan rings is 1. The first-order chi connectivity index (χ1) is 11.7. The zero-order valence-electron chi connectivity index (χ0n) is 15.8. The number of nitrogens with zero attached hydrogens (tertiary/aromatic N) is 1. The van der Waals surface area contributed by atoms with Crippen LogP contribution < -0.4 is 0 Å². The quantitative estimate of drug-likeness (QED) is 0.727. The fraction of sp³-hybridized carbons (Fsp3) is 0.684. The summed E-state index contributed by atoms with van der Waals surface area (Å²) < 4.78 is 11.2. The van der Waals surface area contributed by atoms with Crippen molar-refractivity contribution in [2.45, 2.75) is 65.5 Å². The third-order valence-corrected chi connectivity index (χ3v) is 5.31. The van der Waals surface area contributed by atoms with Gasteiger partial charge in [-0.15, -0.1) is 0 Å². The molecule has 0 aromatic carbocycles. The van der Waals surface area contributed by atoms with Gasteiger partial charge in [0.1, 0.15) is 12.2 Å². The Kier molecular flexibility index (Phi) is 5.93. The molecule has 0 aliphatic heterocycles. The molecule has 1 fully saturated rings. The number of aryl methyl sites for hydroxylation is 1. The van der Waals surface area contributed by atoms with E-state index in [0.717, 1.165) is 25.9 Å². The van der Waals surface area contributed by atoms with Crippen LogP contribution in [0.25, 0.3) is 0 Å². The molecule has 25 heavy (non-hydrogen) atoms. The topological polar surface area (TPSA) is 80.0 Å². The van der Waals surface area contributed by atoms with E-state index in [4.69, 9.17) is 14.3 Å². The molecule has 1 aromatic heterocycles. The van der Waals surface area contributed by atoms with Crippen LogP contribution in [0.5, 0.6) is 0 Å². The number of amides is 1. The number of ether oxygens (including phenoxy) is 1. The molecule has 0 spiro atoms. The van der Waals surface area contributed by atoms with Gasteiger partial charge in [0.05, 0.1) is 17.9 Å². The summed E-state index contributed by atoms with van der Waals surface area (Å²) in [5, 5.41) is 9.01. The van der Waals surface area contributed by atoms with Crippen LogP contribution in [-0.2, 0) is 16.0 Å². The Balaban J connectivity index is 2.09. The third kappa shape index (κ3) is 3.89. The highest BCUT2D eigenvalue weighted by molar-refractivity contribution is 5.97. The van der Waals surface area contributed by atoms with Crippen molar-refractivity contribution in [1.82, 2.24) is 4.90 Å². The highest BCUT2D eigenvalue weighted by Crippen LogP contribution is 2.46. The average molecular weight is 351 g/mol. The monoisotopic (exact) mass is 351 g/mol. The number of unbranched alkanes of at least 4 members (excludes halogenated alkanes) is 1. The summed E-state index contributed by atoms with van der Waals surface area (Å²) in [5.41, 5.74) is 0.903. The molecule has 1 heterocycles. The summed E-state index contributed by atoms with van der Waals surface area (Å²) in [7, 11) is 1.77. The number of carboxylic acid groups (broad SMARTS) is 1. The van der Waals surface area contributed by atoms with Crippen LogP contribution in [0.3, 0.4) is 0 Å². The van der Waals surface area contributed by atoms with Gasteiger partial charge in [-0.2, -0.15) is 0 Å². The molecule has 1 N–H and O–H groups in total. The highest BCUT2D eigenvalue weighted by atomic mass is 16.5. The van der Waals surface area contributed by atoms with E-state index in [1.165, 1.54) is 6.26 Å². The van der Waals surface area contributed by atoms with Crippen molar-refractivity contribution in [2.24, 2.45) is 5.41 Å². The second kappa shape index (κ2) is 7.60. The maximum Gasteiger partial charge on any atom is 0.311 e. The lowest BCUT2D eigenvalue weighted by Gasteiger charge is -2.54. The number of aliphatic carboxylic acids is 1. The average Bonchev–Trinajstić information content (AvgIpc) is 2.88. The van der Waals surface area contributed by atoms with Crippen molar-refractivity contribution in [3.8, 4) is 0 Å². The smallest absolute Gasteiger partial charge is 0.311 e. The van der Waals surface area contributed by atoms with Crippen LogP contribution >= 0.6 is 0 Å². The molecule has 1 saturated carbocycles. The molecule has 2 unspecified atom stereocenters. The van der Waals surface area contributed by atoms with Gasteiger partial charge in [0, 0.05) is 30.7 Å². The molecule has 1 amide bonds. The highest BCUT2D eigenvalue weighted by Gasteiger charge is 2.52. The second-order valence-electron chi connectivity index (χ2n) is 7.49. The summed E-state index contributed by atoms with van der Waals surface area (Å²) in [5.74, 6) is -0.985. The Bertz CT molecular complexity index is 634. The lowest BCUT2D eigenvalue weighted by atomic mass is 9.63. The Morgan fingerprint density at radius 3 is 2.68 bits per heavy atom. The maximum atomic E-state index is 13.0. The van der Waals surface area contributed by atoms with Gasteiger partial charge in [-0.3, -0.25) is 9.59 Å². The van der Waals surface area contributed by atoms with E-state index in [1.54, 1.807) is 18.9 Å². The van der Waals surface area contributed by atoms with E-state index in [-0.39, 0.29) is 35.6 Å². The molecule has 0 radical (unpaired) electrons. The van der Waals surface area contributed by atoms with Gasteiger partial charge in [-0.25, -0.2) is 0 Å². The number of carbonyl (C=O) groups excluding carboxylic acids is 1. The minimum absolute atomic E-state index is 0.0543. The van der Waals surface area contributed by atoms with E-state index in [2.05, 4.69) is 20.8 Å². The maximum absolute atomic E-state index is 13.0. The van der Waals surface area contributed by atoms with Crippen molar-refractivity contribution in [3.63, 3.8) is 0 Å². The summed E-state index contributed by atoms with van der Waals surface area (Å²) in [6, 6.07) is 0.0543. The Morgan fingerprint density at radius 1 is 1.44 bits per heavy atom. The van der Waals surface area contributed by atoms with Gasteiger partial charge >= 0.3 is 5.97 Å². The molecule has 2 atom stereocenters. The second-order valence-corrected chi connectivity index (χ2v) is 7.49. The summed E-state index contributed by atoms with van der Waals surface area (Å²) in [4.78, 5) is 25.7. The minimum Gasteiger partial charge on any atom is -0.481 e. The molecule has 1 aliphatic carbocycles. The Labute approximate surface area is 149 Å². The van der Waals surface area contributed by atoms with E-state index in [1.807, 2.05) is 0 Å². The van der Waals surface area contributed by atoms with Gasteiger partial charge in [-0.1, -0.05) is 27.2 Å². The molecule has 6 nitrogen and oxygen atoms in total. The van der Waals surface area contributed by atoms with E-state index < -0.39 is 5.97 Å². The SMILES string of the molecule is CCCCOC1CC(N(C)C(=O)c2c(C)coc2CC(=O)O)C1(C)C. The van der Waals surface area contributed by atoms with E-state index in [0.29, 0.717) is 11.1 Å². The number of hydrogen-bond acceptors (Lipinski definition) is 4. The molecule has 1 aromatic rings. The van der Waals surface area contributed by atoms with Crippen molar-refractivity contribution in [2.75, 3.05) is 13.7 Å². The van der Waals surface area contributed by atoms with Crippen LogP contribution in [0.4, 0.5) is 0 Å². The Hall–Kier alpha value is -1.82. The number of carboxylic acids is 1. The normalized spacial score (nSPS) is 21.6. The fourth-order valence-corrected chi connectivity index (χ4v) is 3.54. The van der Waals surface area contributed by atoms with Crippen LogP contribution in [0.2, 0.25) is 0 Å². The van der Waals surface area contributed by atoms with Gasteiger partial charge in [-0.05, 0) is 19.8 Å². The van der Waals surface area contributed by atoms with E-state index >= 15 is 0 Å². The van der Waals surface area contributed by atoms with Gasteiger partial charge in [0.15, 0.2) is 0 Å². The van der Waals surface area contributed by atoms with Crippen LogP contribution in [0, 0.1) is 12.3 Å². The predicted octanol–water partition coefficient (Wildman–Crippen LogP) is 3.27. The summed E-state index contributed by atoms with van der Waals surface area (Å²) >= 11 is 0. The van der Waals surface area contributed by atoms with Gasteiger partial charge in [0.2, 0.25) is 0 Å². The molecule has 140 valence electrons. The minimum atomic E-state index is -1.01. The zero-order chi connectivity index (χ0) is 18.8. The van der Waals surface area contributed by atoms with Crippen LogP contribution in [0.15, 0.2) is 10.7 Å².